The molecule has 1 aliphatic heterocycles. The molecule has 226 valence electrons. The summed E-state index contributed by atoms with van der Waals surface area (Å²) in [6, 6.07) is 13.9. The normalized spacial score (nSPS) is 22.5. The number of carbonyl (C=O) groups excluding carboxylic acids is 2. The highest BCUT2D eigenvalue weighted by molar-refractivity contribution is 7.99. The maximum absolute atomic E-state index is 13.5. The van der Waals surface area contributed by atoms with Gasteiger partial charge in [-0.2, -0.15) is 0 Å². The van der Waals surface area contributed by atoms with Crippen molar-refractivity contribution in [3.63, 3.8) is 0 Å². The van der Waals surface area contributed by atoms with E-state index in [1.54, 1.807) is 36.9 Å². The summed E-state index contributed by atoms with van der Waals surface area (Å²) in [5, 5.41) is 28.0. The minimum Gasteiger partial charge on any atom is -0.508 e. The van der Waals surface area contributed by atoms with Gasteiger partial charge in [0.05, 0.1) is 18.2 Å². The van der Waals surface area contributed by atoms with Crippen molar-refractivity contribution in [3.05, 3.63) is 59.7 Å². The summed E-state index contributed by atoms with van der Waals surface area (Å²) >= 11 is 1.57. The number of aliphatic hydroxyl groups is 1. The first-order valence-electron chi connectivity index (χ1n) is 14.5. The highest BCUT2D eigenvalue weighted by atomic mass is 32.2. The van der Waals surface area contributed by atoms with Crippen molar-refractivity contribution in [1.82, 2.24) is 15.5 Å². The van der Waals surface area contributed by atoms with Crippen LogP contribution in [0.2, 0.25) is 0 Å². The first kappa shape index (κ1) is 33.0. The number of β-amino-alcohol motifs (C(OH)–C–C–N with tert-alkyl or cyclic N) is 1. The summed E-state index contributed by atoms with van der Waals surface area (Å²) in [4.78, 5) is 30.0. The van der Waals surface area contributed by atoms with Crippen LogP contribution in [0, 0.1) is 18.8 Å². The summed E-state index contributed by atoms with van der Waals surface area (Å²) in [5.74, 6) is 1.27. The summed E-state index contributed by atoms with van der Waals surface area (Å²) in [6.45, 7) is 8.76. The van der Waals surface area contributed by atoms with Crippen molar-refractivity contribution in [2.24, 2.45) is 11.8 Å². The van der Waals surface area contributed by atoms with Crippen molar-refractivity contribution in [1.29, 1.82) is 0 Å². The molecule has 1 aliphatic carbocycles. The number of phenols is 1. The molecule has 5 atom stereocenters. The fourth-order valence-corrected chi connectivity index (χ4v) is 7.09. The predicted octanol–water partition coefficient (Wildman–Crippen LogP) is 5.38. The number of fused-ring (bicyclic) bond motifs is 1. The zero-order valence-corrected chi connectivity index (χ0v) is 25.0. The molecule has 2 amide bonds. The van der Waals surface area contributed by atoms with Gasteiger partial charge in [-0.15, -0.1) is 11.8 Å². The molecule has 2 fully saturated rings. The average Bonchev–Trinajstić information content (AvgIpc) is 2.91. The second kappa shape index (κ2) is 14.6. The number of hydrogen-bond donors (Lipinski definition) is 4. The Hall–Kier alpha value is -2.55. The van der Waals surface area contributed by atoms with Crippen LogP contribution in [-0.2, 0) is 4.79 Å². The molecule has 0 spiro atoms. The maximum atomic E-state index is 13.5. The maximum Gasteiger partial charge on any atom is 0.252 e. The number of rotatable bonds is 9. The lowest BCUT2D eigenvalue weighted by molar-refractivity contribution is -0.132. The number of phenolic OH excluding ortho intramolecular Hbond substituents is 1. The summed E-state index contributed by atoms with van der Waals surface area (Å²) < 4.78 is 0. The molecule has 4 N–H and O–H groups in total. The zero-order valence-electron chi connectivity index (χ0n) is 24.2. The van der Waals surface area contributed by atoms with Crippen LogP contribution in [0.25, 0.3) is 0 Å². The van der Waals surface area contributed by atoms with Crippen molar-refractivity contribution in [2.45, 2.75) is 95.8 Å². The predicted molar refractivity (Wildman–Crippen MR) is 167 cm³/mol. The Morgan fingerprint density at radius 2 is 1.73 bits per heavy atom. The van der Waals surface area contributed by atoms with Crippen molar-refractivity contribution in [3.8, 4) is 5.75 Å². The molecule has 2 aromatic carbocycles. The van der Waals surface area contributed by atoms with Crippen molar-refractivity contribution < 1.29 is 19.8 Å². The molecule has 7 nitrogen and oxygen atoms in total. The van der Waals surface area contributed by atoms with Gasteiger partial charge < -0.3 is 20.8 Å². The van der Waals surface area contributed by atoms with Gasteiger partial charge in [0.2, 0.25) is 5.91 Å². The lowest BCUT2D eigenvalue weighted by Gasteiger charge is -2.47. The number of nitrogens with one attached hydrogen (secondary N) is 2. The molecule has 0 bridgehead atoms. The lowest BCUT2D eigenvalue weighted by atomic mass is 9.72. The van der Waals surface area contributed by atoms with E-state index in [2.05, 4.69) is 15.5 Å². The summed E-state index contributed by atoms with van der Waals surface area (Å²) in [6.07, 6.45) is 4.67. The molecule has 2 aromatic rings. The van der Waals surface area contributed by atoms with Crippen LogP contribution in [0.3, 0.4) is 0 Å². The van der Waals surface area contributed by atoms with Gasteiger partial charge in [0.15, 0.2) is 0 Å². The quantitative estimate of drug-likeness (QED) is 0.296. The van der Waals surface area contributed by atoms with Crippen LogP contribution in [0.1, 0.15) is 76.2 Å². The highest BCUT2D eigenvalue weighted by Gasteiger charge is 2.41. The molecule has 1 saturated heterocycles. The van der Waals surface area contributed by atoms with Crippen molar-refractivity contribution in [2.75, 3.05) is 18.8 Å². The monoisotopic (exact) mass is 583 g/mol. The van der Waals surface area contributed by atoms with Gasteiger partial charge in [0.25, 0.3) is 5.91 Å². The Kier molecular flexibility index (Phi) is 11.7. The number of thioether (sulfide) groups is 1. The molecule has 0 radical (unpaired) electrons. The Morgan fingerprint density at radius 3 is 2.41 bits per heavy atom. The van der Waals surface area contributed by atoms with Crippen molar-refractivity contribution >= 4 is 23.6 Å². The second-order valence-electron chi connectivity index (χ2n) is 12.5. The number of benzene rings is 2. The fraction of sp³-hybridized carbons (Fsp3) is 0.576. The lowest BCUT2D eigenvalue weighted by Crippen LogP contribution is -2.60. The zero-order chi connectivity index (χ0) is 28.9. The molecule has 2 aliphatic rings. The van der Waals surface area contributed by atoms with E-state index in [-0.39, 0.29) is 36.6 Å². The SMILES string of the molecule is C.Cc1c(O)cccc1C(=O)N[C@@H](CSc1ccccc1)[C@H](O)CN1C[C@H]2CCCC[C@H]2C[C@H]1C(=O)NC(C)(C)C. The van der Waals surface area contributed by atoms with Gasteiger partial charge >= 0.3 is 0 Å². The number of amides is 2. The Labute approximate surface area is 250 Å². The minimum atomic E-state index is -0.886. The van der Waals surface area contributed by atoms with Crippen LogP contribution in [-0.4, -0.2) is 69.5 Å². The standard InChI is InChI=1S/C32H45N3O4S.CH4/c1-21-25(15-10-16-28(21)36)30(38)33-26(20-40-24-13-6-5-7-14-24)29(37)19-35-18-23-12-9-8-11-22(23)17-27(35)31(39)34-32(2,3)4;/h5-7,10,13-16,22-23,26-27,29,36-37H,8-9,11-12,17-20H2,1-4H3,(H,33,38)(H,34,39);1H4/t22-,23+,26-,27-,29+;/m0./s1. The van der Waals surface area contributed by atoms with E-state index in [1.807, 2.05) is 51.1 Å². The van der Waals surface area contributed by atoms with E-state index in [4.69, 9.17) is 0 Å². The van der Waals surface area contributed by atoms with Gasteiger partial charge in [0, 0.05) is 40.4 Å². The van der Waals surface area contributed by atoms with Crippen LogP contribution in [0.15, 0.2) is 53.4 Å². The van der Waals surface area contributed by atoms with E-state index in [0.717, 1.165) is 30.7 Å². The fourth-order valence-electron chi connectivity index (χ4n) is 6.06. The van der Waals surface area contributed by atoms with E-state index >= 15 is 0 Å². The molecule has 4 rings (SSSR count). The molecule has 1 heterocycles. The number of carbonyl (C=O) groups is 2. The Morgan fingerprint density at radius 1 is 1.05 bits per heavy atom. The average molecular weight is 584 g/mol. The third-order valence-corrected chi connectivity index (χ3v) is 9.36. The molecule has 41 heavy (non-hydrogen) atoms. The van der Waals surface area contributed by atoms with E-state index in [9.17, 15) is 19.8 Å². The Balaban J connectivity index is 0.00000462. The van der Waals surface area contributed by atoms with Crippen LogP contribution in [0.4, 0.5) is 0 Å². The molecule has 0 aromatic heterocycles. The molecular weight excluding hydrogens is 534 g/mol. The highest BCUT2D eigenvalue weighted by Crippen LogP contribution is 2.39. The molecule has 8 heteroatoms. The smallest absolute Gasteiger partial charge is 0.252 e. The first-order chi connectivity index (χ1) is 19.0. The molecule has 0 unspecified atom stereocenters. The molecule has 1 saturated carbocycles. The number of likely N-dealkylation sites (tertiary alicyclic amines) is 1. The van der Waals surface area contributed by atoms with Gasteiger partial charge in [-0.25, -0.2) is 0 Å². The first-order valence-corrected chi connectivity index (χ1v) is 15.5. The number of hydrogen-bond acceptors (Lipinski definition) is 6. The number of aliphatic hydroxyl groups excluding tert-OH is 1. The number of piperidine rings is 1. The topological polar surface area (TPSA) is 102 Å². The third kappa shape index (κ3) is 8.97. The van der Waals surface area contributed by atoms with E-state index in [1.165, 1.54) is 12.8 Å². The third-order valence-electron chi connectivity index (χ3n) is 8.23. The Bertz CT molecular complexity index is 1150. The number of aromatic hydroxyl groups is 1. The van der Waals surface area contributed by atoms with Gasteiger partial charge in [0.1, 0.15) is 5.75 Å². The van der Waals surface area contributed by atoms with E-state index < -0.39 is 12.1 Å². The van der Waals surface area contributed by atoms with Crippen LogP contribution >= 0.6 is 11.8 Å². The van der Waals surface area contributed by atoms with Crippen LogP contribution in [0.5, 0.6) is 5.75 Å². The van der Waals surface area contributed by atoms with Gasteiger partial charge in [-0.05, 0) is 76.6 Å². The molecular formula is C33H49N3O4S. The second-order valence-corrected chi connectivity index (χ2v) is 13.6. The summed E-state index contributed by atoms with van der Waals surface area (Å²) in [7, 11) is 0. The minimum absolute atomic E-state index is 0. The van der Waals surface area contributed by atoms with Crippen LogP contribution < -0.4 is 10.6 Å². The van der Waals surface area contributed by atoms with E-state index in [0.29, 0.717) is 35.3 Å². The number of nitrogens with zero attached hydrogens (tertiary/aromatic N) is 1. The largest absolute Gasteiger partial charge is 0.508 e. The summed E-state index contributed by atoms with van der Waals surface area (Å²) in [5.41, 5.74) is 0.543. The van der Waals surface area contributed by atoms with Gasteiger partial charge in [-0.1, -0.05) is 51.0 Å². The van der Waals surface area contributed by atoms with Gasteiger partial charge in [-0.3, -0.25) is 14.5 Å².